The molecule has 1 aromatic carbocycles. The summed E-state index contributed by atoms with van der Waals surface area (Å²) in [4.78, 5) is 23.6. The summed E-state index contributed by atoms with van der Waals surface area (Å²) >= 11 is 0. The average molecular weight is 277 g/mol. The van der Waals surface area contributed by atoms with E-state index in [9.17, 15) is 14.7 Å². The maximum absolute atomic E-state index is 12.1. The first kappa shape index (κ1) is 16.2. The lowest BCUT2D eigenvalue weighted by Gasteiger charge is -2.22. The highest BCUT2D eigenvalue weighted by atomic mass is 16.3. The molecule has 20 heavy (non-hydrogen) atoms. The van der Waals surface area contributed by atoms with Crippen molar-refractivity contribution in [3.8, 4) is 5.75 Å². The Balaban J connectivity index is 2.62. The van der Waals surface area contributed by atoms with Gasteiger partial charge < -0.3 is 10.4 Å². The molecule has 0 saturated carbocycles. The zero-order chi connectivity index (χ0) is 15.3. The quantitative estimate of drug-likeness (QED) is 0.838. The van der Waals surface area contributed by atoms with Gasteiger partial charge in [-0.25, -0.2) is 0 Å². The number of Topliss-reactive ketones (excluding diaryl/α,β-unsaturated/α-hetero) is 1. The normalized spacial score (nSPS) is 13.8. The molecule has 2 N–H and O–H groups in total. The van der Waals surface area contributed by atoms with Gasteiger partial charge in [-0.15, -0.1) is 0 Å². The number of phenolic OH excluding ortho intramolecular Hbond substituents is 1. The van der Waals surface area contributed by atoms with Gasteiger partial charge in [0.05, 0.1) is 6.04 Å². The fraction of sp³-hybridized carbons (Fsp3) is 0.500. The van der Waals surface area contributed by atoms with Crippen LogP contribution in [-0.2, 0) is 16.0 Å². The molecule has 1 rings (SSSR count). The van der Waals surface area contributed by atoms with Crippen LogP contribution in [0, 0.1) is 11.8 Å². The highest BCUT2D eigenvalue weighted by molar-refractivity contribution is 5.88. The smallest absolute Gasteiger partial charge is 0.223 e. The van der Waals surface area contributed by atoms with E-state index in [1.807, 2.05) is 20.8 Å². The monoisotopic (exact) mass is 277 g/mol. The lowest BCUT2D eigenvalue weighted by Crippen LogP contribution is -2.45. The van der Waals surface area contributed by atoms with Crippen LogP contribution in [0.15, 0.2) is 24.3 Å². The Hall–Kier alpha value is -1.84. The molecular formula is C16H23NO3. The highest BCUT2D eigenvalue weighted by Crippen LogP contribution is 2.14. The third-order valence-corrected chi connectivity index (χ3v) is 3.33. The van der Waals surface area contributed by atoms with Gasteiger partial charge in [-0.1, -0.05) is 32.9 Å². The fourth-order valence-electron chi connectivity index (χ4n) is 2.11. The minimum absolute atomic E-state index is 0.0230. The molecule has 0 aliphatic carbocycles. The van der Waals surface area contributed by atoms with Crippen LogP contribution in [0.5, 0.6) is 5.75 Å². The molecule has 1 amide bonds. The van der Waals surface area contributed by atoms with E-state index in [-0.39, 0.29) is 29.3 Å². The maximum atomic E-state index is 12.1. The van der Waals surface area contributed by atoms with Crippen molar-refractivity contribution in [2.75, 3.05) is 0 Å². The summed E-state index contributed by atoms with van der Waals surface area (Å²) in [6, 6.07) is 6.37. The Labute approximate surface area is 120 Å². The van der Waals surface area contributed by atoms with E-state index in [0.717, 1.165) is 5.56 Å². The minimum Gasteiger partial charge on any atom is -0.508 e. The van der Waals surface area contributed by atoms with E-state index in [1.54, 1.807) is 24.3 Å². The van der Waals surface area contributed by atoms with Crippen LogP contribution in [0.3, 0.4) is 0 Å². The lowest BCUT2D eigenvalue weighted by molar-refractivity contribution is -0.130. The van der Waals surface area contributed by atoms with E-state index < -0.39 is 6.04 Å². The first-order valence-corrected chi connectivity index (χ1v) is 6.90. The van der Waals surface area contributed by atoms with Crippen LogP contribution in [0.25, 0.3) is 0 Å². The van der Waals surface area contributed by atoms with Crippen LogP contribution in [0.2, 0.25) is 0 Å². The van der Waals surface area contributed by atoms with Crippen LogP contribution < -0.4 is 5.32 Å². The SMILES string of the molecule is CC(=O)[C@@H](NC(=O)[C@@H](C)Cc1ccc(O)cc1)C(C)C. The Morgan fingerprint density at radius 1 is 1.15 bits per heavy atom. The number of ketones is 1. The van der Waals surface area contributed by atoms with E-state index in [4.69, 9.17) is 0 Å². The fourth-order valence-corrected chi connectivity index (χ4v) is 2.11. The first-order chi connectivity index (χ1) is 9.31. The molecular weight excluding hydrogens is 254 g/mol. The molecule has 0 aliphatic rings. The molecule has 0 heterocycles. The van der Waals surface area contributed by atoms with Crippen LogP contribution in [0.1, 0.15) is 33.3 Å². The van der Waals surface area contributed by atoms with Gasteiger partial charge in [0.1, 0.15) is 5.75 Å². The van der Waals surface area contributed by atoms with Crippen LogP contribution >= 0.6 is 0 Å². The van der Waals surface area contributed by atoms with Gasteiger partial charge in [-0.05, 0) is 37.0 Å². The van der Waals surface area contributed by atoms with Gasteiger partial charge in [0.2, 0.25) is 5.91 Å². The molecule has 0 spiro atoms. The molecule has 2 atom stereocenters. The van der Waals surface area contributed by atoms with Crippen molar-refractivity contribution in [2.24, 2.45) is 11.8 Å². The molecule has 1 aromatic rings. The number of phenols is 1. The summed E-state index contributed by atoms with van der Waals surface area (Å²) in [6.07, 6.45) is 0.578. The molecule has 110 valence electrons. The molecule has 0 aromatic heterocycles. The molecule has 0 saturated heterocycles. The van der Waals surface area contributed by atoms with Crippen molar-refractivity contribution in [3.63, 3.8) is 0 Å². The van der Waals surface area contributed by atoms with Crippen molar-refractivity contribution < 1.29 is 14.7 Å². The summed E-state index contributed by atoms with van der Waals surface area (Å²) < 4.78 is 0. The van der Waals surface area contributed by atoms with E-state index in [2.05, 4.69) is 5.32 Å². The van der Waals surface area contributed by atoms with E-state index in [0.29, 0.717) is 6.42 Å². The Kier molecular flexibility index (Phi) is 5.74. The van der Waals surface area contributed by atoms with E-state index >= 15 is 0 Å². The van der Waals surface area contributed by atoms with Gasteiger partial charge >= 0.3 is 0 Å². The number of amides is 1. The van der Waals surface area contributed by atoms with Crippen molar-refractivity contribution in [3.05, 3.63) is 29.8 Å². The lowest BCUT2D eigenvalue weighted by atomic mass is 9.97. The zero-order valence-corrected chi connectivity index (χ0v) is 12.5. The highest BCUT2D eigenvalue weighted by Gasteiger charge is 2.23. The van der Waals surface area contributed by atoms with Gasteiger partial charge in [-0.2, -0.15) is 0 Å². The van der Waals surface area contributed by atoms with Gasteiger partial charge in [0.15, 0.2) is 5.78 Å². The third kappa shape index (κ3) is 4.68. The third-order valence-electron chi connectivity index (χ3n) is 3.33. The molecule has 4 heteroatoms. The number of nitrogens with one attached hydrogen (secondary N) is 1. The predicted molar refractivity (Wildman–Crippen MR) is 78.4 cm³/mol. The van der Waals surface area contributed by atoms with Crippen LogP contribution in [-0.4, -0.2) is 22.8 Å². The number of benzene rings is 1. The maximum Gasteiger partial charge on any atom is 0.223 e. The number of carbonyl (C=O) groups is 2. The predicted octanol–water partition coefficient (Wildman–Crippen LogP) is 2.30. The Bertz CT molecular complexity index is 465. The zero-order valence-electron chi connectivity index (χ0n) is 12.5. The summed E-state index contributed by atoms with van der Waals surface area (Å²) in [5.41, 5.74) is 0.981. The number of carbonyl (C=O) groups excluding carboxylic acids is 2. The summed E-state index contributed by atoms with van der Waals surface area (Å²) in [5, 5.41) is 12.0. The van der Waals surface area contributed by atoms with Crippen LogP contribution in [0.4, 0.5) is 0 Å². The Morgan fingerprint density at radius 3 is 2.15 bits per heavy atom. The number of hydrogen-bond acceptors (Lipinski definition) is 3. The Morgan fingerprint density at radius 2 is 1.70 bits per heavy atom. The molecule has 0 fully saturated rings. The second-order valence-corrected chi connectivity index (χ2v) is 5.61. The second kappa shape index (κ2) is 7.08. The molecule has 4 nitrogen and oxygen atoms in total. The summed E-state index contributed by atoms with van der Waals surface area (Å²) in [5.74, 6) is -0.0723. The van der Waals surface area contributed by atoms with Crippen molar-refractivity contribution in [1.82, 2.24) is 5.32 Å². The standard InChI is InChI=1S/C16H23NO3/c1-10(2)15(12(4)18)17-16(20)11(3)9-13-5-7-14(19)8-6-13/h5-8,10-11,15,19H,9H2,1-4H3,(H,17,20)/t11-,15-/m0/s1. The molecule has 0 unspecified atom stereocenters. The van der Waals surface area contributed by atoms with Gasteiger partial charge in [-0.3, -0.25) is 9.59 Å². The van der Waals surface area contributed by atoms with E-state index in [1.165, 1.54) is 6.92 Å². The number of hydrogen-bond donors (Lipinski definition) is 2. The topological polar surface area (TPSA) is 66.4 Å². The molecule has 0 aliphatic heterocycles. The van der Waals surface area contributed by atoms with Gasteiger partial charge in [0, 0.05) is 5.92 Å². The molecule has 0 bridgehead atoms. The van der Waals surface area contributed by atoms with Crippen molar-refractivity contribution in [1.29, 1.82) is 0 Å². The summed E-state index contributed by atoms with van der Waals surface area (Å²) in [6.45, 7) is 7.16. The first-order valence-electron chi connectivity index (χ1n) is 6.90. The second-order valence-electron chi connectivity index (χ2n) is 5.61. The van der Waals surface area contributed by atoms with Crippen molar-refractivity contribution >= 4 is 11.7 Å². The average Bonchev–Trinajstić information content (AvgIpc) is 2.37. The number of rotatable bonds is 6. The molecule has 0 radical (unpaired) electrons. The van der Waals surface area contributed by atoms with Gasteiger partial charge in [0.25, 0.3) is 0 Å². The minimum atomic E-state index is -0.426. The number of aromatic hydroxyl groups is 1. The summed E-state index contributed by atoms with van der Waals surface area (Å²) in [7, 11) is 0. The van der Waals surface area contributed by atoms with Crippen molar-refractivity contribution in [2.45, 2.75) is 40.2 Å². The largest absolute Gasteiger partial charge is 0.508 e.